The molecule has 0 aromatic carbocycles. The van der Waals surface area contributed by atoms with Gasteiger partial charge in [-0.3, -0.25) is 0 Å². The third kappa shape index (κ3) is 5.65. The van der Waals surface area contributed by atoms with E-state index in [0.29, 0.717) is 12.0 Å². The van der Waals surface area contributed by atoms with Gasteiger partial charge in [-0.2, -0.15) is 0 Å². The lowest BCUT2D eigenvalue weighted by Gasteiger charge is -2.37. The lowest BCUT2D eigenvalue weighted by molar-refractivity contribution is -0.00460. The van der Waals surface area contributed by atoms with E-state index in [4.69, 9.17) is 4.74 Å². The highest BCUT2D eigenvalue weighted by atomic mass is 16.5. The molecule has 0 aromatic heterocycles. The third-order valence-electron chi connectivity index (χ3n) is 3.49. The fourth-order valence-electron chi connectivity index (χ4n) is 2.69. The molecule has 0 aromatic rings. The van der Waals surface area contributed by atoms with E-state index in [-0.39, 0.29) is 0 Å². The molecular weight excluding hydrogens is 228 g/mol. The summed E-state index contributed by atoms with van der Waals surface area (Å²) in [6.45, 7) is 13.4. The Labute approximate surface area is 112 Å². The Balaban J connectivity index is 2.50. The Kier molecular flexibility index (Phi) is 6.57. The molecule has 1 rings (SSSR count). The van der Waals surface area contributed by atoms with Crippen molar-refractivity contribution >= 4 is 0 Å². The van der Waals surface area contributed by atoms with Crippen molar-refractivity contribution in [3.8, 4) is 0 Å². The van der Waals surface area contributed by atoms with E-state index in [9.17, 15) is 5.11 Å². The van der Waals surface area contributed by atoms with E-state index < -0.39 is 5.60 Å². The maximum absolute atomic E-state index is 9.93. The summed E-state index contributed by atoms with van der Waals surface area (Å²) in [4.78, 5) is 2.32. The topological polar surface area (TPSA) is 44.7 Å². The van der Waals surface area contributed by atoms with Gasteiger partial charge in [0.05, 0.1) is 12.2 Å². The van der Waals surface area contributed by atoms with Crippen molar-refractivity contribution < 1.29 is 9.84 Å². The normalized spacial score (nSPS) is 25.7. The Morgan fingerprint density at radius 2 is 2.11 bits per heavy atom. The van der Waals surface area contributed by atoms with E-state index in [1.54, 1.807) is 0 Å². The molecule has 0 aliphatic carbocycles. The molecule has 1 fully saturated rings. The molecule has 108 valence electrons. The molecule has 0 radical (unpaired) electrons. The molecule has 0 bridgehead atoms. The maximum atomic E-state index is 9.93. The molecule has 1 aliphatic rings. The first-order valence-electron chi connectivity index (χ1n) is 7.22. The zero-order chi connectivity index (χ0) is 13.6. The van der Waals surface area contributed by atoms with Gasteiger partial charge in [0.2, 0.25) is 0 Å². The van der Waals surface area contributed by atoms with Crippen molar-refractivity contribution in [1.29, 1.82) is 0 Å². The van der Waals surface area contributed by atoms with E-state index in [1.165, 1.54) is 0 Å². The molecule has 2 atom stereocenters. The quantitative estimate of drug-likeness (QED) is 0.717. The average molecular weight is 258 g/mol. The molecule has 2 unspecified atom stereocenters. The second kappa shape index (κ2) is 7.43. The van der Waals surface area contributed by atoms with Crippen LogP contribution in [0.5, 0.6) is 0 Å². The van der Waals surface area contributed by atoms with E-state index in [0.717, 1.165) is 45.8 Å². The molecule has 0 saturated carbocycles. The Bertz CT molecular complexity index is 226. The molecule has 4 nitrogen and oxygen atoms in total. The molecular formula is C14H30N2O2. The first-order valence-corrected chi connectivity index (χ1v) is 7.22. The van der Waals surface area contributed by atoms with Crippen LogP contribution < -0.4 is 5.32 Å². The minimum absolute atomic E-state index is 0.529. The predicted octanol–water partition coefficient (Wildman–Crippen LogP) is 1.09. The molecule has 0 amide bonds. The van der Waals surface area contributed by atoms with Gasteiger partial charge in [-0.25, -0.2) is 0 Å². The molecule has 4 heteroatoms. The van der Waals surface area contributed by atoms with Crippen LogP contribution >= 0.6 is 0 Å². The van der Waals surface area contributed by atoms with Crippen LogP contribution in [0, 0.1) is 5.92 Å². The summed E-state index contributed by atoms with van der Waals surface area (Å²) < 4.78 is 5.61. The van der Waals surface area contributed by atoms with Crippen LogP contribution in [0.25, 0.3) is 0 Å². The summed E-state index contributed by atoms with van der Waals surface area (Å²) in [5.41, 5.74) is -0.626. The van der Waals surface area contributed by atoms with Crippen LogP contribution in [0.2, 0.25) is 0 Å². The summed E-state index contributed by atoms with van der Waals surface area (Å²) in [5.74, 6) is 0.529. The van der Waals surface area contributed by atoms with Crippen molar-refractivity contribution in [3.63, 3.8) is 0 Å². The number of hydrogen-bond acceptors (Lipinski definition) is 4. The Hall–Kier alpha value is -0.160. The molecule has 0 spiro atoms. The fourth-order valence-corrected chi connectivity index (χ4v) is 2.69. The first kappa shape index (κ1) is 15.9. The number of nitrogens with zero attached hydrogens (tertiary/aromatic N) is 1. The smallest absolute Gasteiger partial charge is 0.0718 e. The largest absolute Gasteiger partial charge is 0.389 e. The second-order valence-corrected chi connectivity index (χ2v) is 5.93. The third-order valence-corrected chi connectivity index (χ3v) is 3.49. The van der Waals surface area contributed by atoms with Crippen molar-refractivity contribution in [2.45, 2.75) is 45.8 Å². The van der Waals surface area contributed by atoms with Crippen molar-refractivity contribution in [1.82, 2.24) is 10.2 Å². The number of ether oxygens (including phenoxy) is 1. The van der Waals surface area contributed by atoms with Gasteiger partial charge < -0.3 is 20.1 Å². The average Bonchev–Trinajstić information content (AvgIpc) is 2.29. The highest BCUT2D eigenvalue weighted by molar-refractivity contribution is 4.83. The van der Waals surface area contributed by atoms with E-state index in [2.05, 4.69) is 24.1 Å². The van der Waals surface area contributed by atoms with Gasteiger partial charge >= 0.3 is 0 Å². The molecule has 1 heterocycles. The van der Waals surface area contributed by atoms with Crippen LogP contribution in [0.3, 0.4) is 0 Å². The summed E-state index contributed by atoms with van der Waals surface area (Å²) in [7, 11) is 0. The number of nitrogens with one attached hydrogen (secondary N) is 1. The number of hydrogen-bond donors (Lipinski definition) is 2. The fraction of sp³-hybridized carbons (Fsp3) is 1.00. The minimum atomic E-state index is -0.626. The van der Waals surface area contributed by atoms with E-state index >= 15 is 0 Å². The zero-order valence-corrected chi connectivity index (χ0v) is 12.4. The SMILES string of the molecule is CCNC1CCOCC1CN(CC)CC(C)(C)O. The highest BCUT2D eigenvalue weighted by Crippen LogP contribution is 2.17. The summed E-state index contributed by atoms with van der Waals surface area (Å²) >= 11 is 0. The van der Waals surface area contributed by atoms with Gasteiger partial charge in [-0.1, -0.05) is 13.8 Å². The lowest BCUT2D eigenvalue weighted by atomic mass is 9.94. The van der Waals surface area contributed by atoms with E-state index in [1.807, 2.05) is 13.8 Å². The lowest BCUT2D eigenvalue weighted by Crippen LogP contribution is -2.49. The minimum Gasteiger partial charge on any atom is -0.389 e. The van der Waals surface area contributed by atoms with Gasteiger partial charge in [0.15, 0.2) is 0 Å². The molecule has 2 N–H and O–H groups in total. The monoisotopic (exact) mass is 258 g/mol. The Morgan fingerprint density at radius 3 is 2.67 bits per heavy atom. The van der Waals surface area contributed by atoms with Crippen LogP contribution in [-0.2, 0) is 4.74 Å². The predicted molar refractivity (Wildman–Crippen MR) is 74.8 cm³/mol. The van der Waals surface area contributed by atoms with Crippen LogP contribution in [0.4, 0.5) is 0 Å². The van der Waals surface area contributed by atoms with Crippen molar-refractivity contribution in [2.75, 3.05) is 39.4 Å². The first-order chi connectivity index (χ1) is 8.46. The van der Waals surface area contributed by atoms with Crippen LogP contribution in [-0.4, -0.2) is 61.0 Å². The Morgan fingerprint density at radius 1 is 1.39 bits per heavy atom. The summed E-state index contributed by atoms with van der Waals surface area (Å²) in [5, 5.41) is 13.5. The summed E-state index contributed by atoms with van der Waals surface area (Å²) in [6, 6.07) is 0.555. The summed E-state index contributed by atoms with van der Waals surface area (Å²) in [6.07, 6.45) is 1.10. The number of aliphatic hydroxyl groups is 1. The molecule has 18 heavy (non-hydrogen) atoms. The number of likely N-dealkylation sites (N-methyl/N-ethyl adjacent to an activating group) is 1. The number of rotatable bonds is 7. The van der Waals surface area contributed by atoms with Crippen molar-refractivity contribution in [2.24, 2.45) is 5.92 Å². The van der Waals surface area contributed by atoms with Gasteiger partial charge in [-0.15, -0.1) is 0 Å². The highest BCUT2D eigenvalue weighted by Gasteiger charge is 2.28. The zero-order valence-electron chi connectivity index (χ0n) is 12.4. The van der Waals surface area contributed by atoms with Crippen LogP contribution in [0.15, 0.2) is 0 Å². The van der Waals surface area contributed by atoms with Gasteiger partial charge in [-0.05, 0) is 33.4 Å². The second-order valence-electron chi connectivity index (χ2n) is 5.93. The van der Waals surface area contributed by atoms with Crippen molar-refractivity contribution in [3.05, 3.63) is 0 Å². The van der Waals surface area contributed by atoms with Gasteiger partial charge in [0.25, 0.3) is 0 Å². The maximum Gasteiger partial charge on any atom is 0.0718 e. The van der Waals surface area contributed by atoms with Gasteiger partial charge in [0, 0.05) is 31.7 Å². The van der Waals surface area contributed by atoms with Gasteiger partial charge in [0.1, 0.15) is 0 Å². The molecule has 1 saturated heterocycles. The standard InChI is InChI=1S/C14H30N2O2/c1-5-15-13-7-8-18-10-12(13)9-16(6-2)11-14(3,4)17/h12-13,15,17H,5-11H2,1-4H3. The van der Waals surface area contributed by atoms with Crippen LogP contribution in [0.1, 0.15) is 34.1 Å². The molecule has 1 aliphatic heterocycles.